The molecule has 23 heavy (non-hydrogen) atoms. The first-order valence-electron chi connectivity index (χ1n) is 7.04. The molecule has 0 unspecified atom stereocenters. The number of aryl methyl sites for hydroxylation is 2. The molecule has 5 nitrogen and oxygen atoms in total. The van der Waals surface area contributed by atoms with E-state index in [0.29, 0.717) is 16.9 Å². The molecule has 0 radical (unpaired) electrons. The maximum Gasteiger partial charge on any atom is 0.273 e. The summed E-state index contributed by atoms with van der Waals surface area (Å²) in [4.78, 5) is 20.1. The lowest BCUT2D eigenvalue weighted by molar-refractivity contribution is 0.101. The number of anilines is 1. The molecule has 1 N–H and O–H groups in total. The van der Waals surface area contributed by atoms with Gasteiger partial charge in [0.1, 0.15) is 11.5 Å². The van der Waals surface area contributed by atoms with E-state index in [4.69, 9.17) is 0 Å². The highest BCUT2D eigenvalue weighted by Gasteiger charge is 2.12. The molecule has 116 valence electrons. The molecule has 0 fully saturated rings. The standard InChI is InChI=1S/C17H15FN4O/c1-11-3-4-12(13-5-14(18)8-19-7-13)6-15(11)21-17(23)16-9-20-10-22(16)2/h3-10H,1-2H3,(H,21,23). The maximum atomic E-state index is 13.3. The largest absolute Gasteiger partial charge is 0.330 e. The average Bonchev–Trinajstić information content (AvgIpc) is 2.95. The molecule has 0 spiro atoms. The zero-order valence-corrected chi connectivity index (χ0v) is 12.7. The van der Waals surface area contributed by atoms with Crippen molar-refractivity contribution in [3.63, 3.8) is 0 Å². The second-order valence-corrected chi connectivity index (χ2v) is 5.27. The van der Waals surface area contributed by atoms with Gasteiger partial charge in [-0.25, -0.2) is 9.37 Å². The maximum absolute atomic E-state index is 13.3. The first kappa shape index (κ1) is 14.9. The summed E-state index contributed by atoms with van der Waals surface area (Å²) in [7, 11) is 1.75. The molecular weight excluding hydrogens is 295 g/mol. The Hall–Kier alpha value is -3.02. The van der Waals surface area contributed by atoms with Gasteiger partial charge in [0.05, 0.1) is 18.7 Å². The summed E-state index contributed by atoms with van der Waals surface area (Å²) in [6, 6.07) is 6.95. The molecule has 0 saturated carbocycles. The van der Waals surface area contributed by atoms with Gasteiger partial charge in [0.25, 0.3) is 5.91 Å². The van der Waals surface area contributed by atoms with Crippen LogP contribution >= 0.6 is 0 Å². The molecule has 1 amide bonds. The molecular formula is C17H15FN4O. The molecule has 0 aliphatic rings. The molecule has 2 aromatic heterocycles. The summed E-state index contributed by atoms with van der Waals surface area (Å²) in [5.74, 6) is -0.647. The number of imidazole rings is 1. The lowest BCUT2D eigenvalue weighted by atomic mass is 10.0. The quantitative estimate of drug-likeness (QED) is 0.808. The van der Waals surface area contributed by atoms with E-state index >= 15 is 0 Å². The van der Waals surface area contributed by atoms with Gasteiger partial charge in [0.15, 0.2) is 0 Å². The number of nitrogens with one attached hydrogen (secondary N) is 1. The van der Waals surface area contributed by atoms with Crippen LogP contribution in [-0.4, -0.2) is 20.4 Å². The van der Waals surface area contributed by atoms with Gasteiger partial charge in [-0.3, -0.25) is 9.78 Å². The van der Waals surface area contributed by atoms with E-state index in [1.54, 1.807) is 30.2 Å². The van der Waals surface area contributed by atoms with E-state index < -0.39 is 5.82 Å². The predicted molar refractivity (Wildman–Crippen MR) is 85.5 cm³/mol. The average molecular weight is 310 g/mol. The van der Waals surface area contributed by atoms with Gasteiger partial charge >= 0.3 is 0 Å². The predicted octanol–water partition coefficient (Wildman–Crippen LogP) is 3.18. The number of nitrogens with zero attached hydrogens (tertiary/aromatic N) is 3. The van der Waals surface area contributed by atoms with Gasteiger partial charge < -0.3 is 9.88 Å². The highest BCUT2D eigenvalue weighted by molar-refractivity contribution is 6.03. The van der Waals surface area contributed by atoms with E-state index in [1.807, 2.05) is 19.1 Å². The molecule has 0 bridgehead atoms. The number of benzene rings is 1. The fraction of sp³-hybridized carbons (Fsp3) is 0.118. The van der Waals surface area contributed by atoms with Crippen molar-refractivity contribution in [1.29, 1.82) is 0 Å². The minimum absolute atomic E-state index is 0.248. The second kappa shape index (κ2) is 6.00. The summed E-state index contributed by atoms with van der Waals surface area (Å²) in [5, 5.41) is 2.86. The minimum atomic E-state index is -0.399. The fourth-order valence-electron chi connectivity index (χ4n) is 2.27. The Balaban J connectivity index is 1.92. The van der Waals surface area contributed by atoms with Crippen LogP contribution in [0.3, 0.4) is 0 Å². The van der Waals surface area contributed by atoms with E-state index in [-0.39, 0.29) is 5.91 Å². The second-order valence-electron chi connectivity index (χ2n) is 5.27. The monoisotopic (exact) mass is 310 g/mol. The highest BCUT2D eigenvalue weighted by atomic mass is 19.1. The van der Waals surface area contributed by atoms with Crippen molar-refractivity contribution in [3.8, 4) is 11.1 Å². The van der Waals surface area contributed by atoms with Gasteiger partial charge in [-0.2, -0.15) is 0 Å². The Morgan fingerprint density at radius 3 is 2.65 bits per heavy atom. The third-order valence-electron chi connectivity index (χ3n) is 3.57. The number of aromatic nitrogens is 3. The van der Waals surface area contributed by atoms with Crippen LogP contribution in [-0.2, 0) is 7.05 Å². The lowest BCUT2D eigenvalue weighted by Crippen LogP contribution is -2.16. The Kier molecular flexibility index (Phi) is 3.89. The Labute approximate surface area is 132 Å². The normalized spacial score (nSPS) is 10.6. The Morgan fingerprint density at radius 2 is 1.96 bits per heavy atom. The number of hydrogen-bond acceptors (Lipinski definition) is 3. The SMILES string of the molecule is Cc1ccc(-c2cncc(F)c2)cc1NC(=O)c1cncn1C. The van der Waals surface area contributed by atoms with Gasteiger partial charge in [-0.05, 0) is 30.2 Å². The van der Waals surface area contributed by atoms with Crippen LogP contribution in [0.15, 0.2) is 49.2 Å². The molecule has 0 saturated heterocycles. The number of carbonyl (C=O) groups excluding carboxylic acids is 1. The zero-order chi connectivity index (χ0) is 16.4. The van der Waals surface area contributed by atoms with Crippen molar-refractivity contribution >= 4 is 11.6 Å². The van der Waals surface area contributed by atoms with Gasteiger partial charge in [0, 0.05) is 24.5 Å². The number of amides is 1. The Morgan fingerprint density at radius 1 is 1.13 bits per heavy atom. The summed E-state index contributed by atoms with van der Waals surface area (Å²) in [5.41, 5.74) is 3.47. The number of hydrogen-bond donors (Lipinski definition) is 1. The number of pyridine rings is 1. The van der Waals surface area contributed by atoms with E-state index in [9.17, 15) is 9.18 Å². The van der Waals surface area contributed by atoms with Crippen LogP contribution < -0.4 is 5.32 Å². The molecule has 6 heteroatoms. The highest BCUT2D eigenvalue weighted by Crippen LogP contribution is 2.25. The molecule has 0 aliphatic carbocycles. The van der Waals surface area contributed by atoms with Crippen LogP contribution in [0.2, 0.25) is 0 Å². The van der Waals surface area contributed by atoms with Crippen molar-refractivity contribution in [2.24, 2.45) is 7.05 Å². The third-order valence-corrected chi connectivity index (χ3v) is 3.57. The van der Waals surface area contributed by atoms with Gasteiger partial charge in [-0.1, -0.05) is 12.1 Å². The van der Waals surface area contributed by atoms with E-state index in [1.165, 1.54) is 12.3 Å². The van der Waals surface area contributed by atoms with Crippen molar-refractivity contribution < 1.29 is 9.18 Å². The molecule has 0 aliphatic heterocycles. The number of halogens is 1. The van der Waals surface area contributed by atoms with Crippen LogP contribution in [0.4, 0.5) is 10.1 Å². The zero-order valence-electron chi connectivity index (χ0n) is 12.7. The van der Waals surface area contributed by atoms with Crippen molar-refractivity contribution in [2.45, 2.75) is 6.92 Å². The summed E-state index contributed by atoms with van der Waals surface area (Å²) in [6.45, 7) is 1.90. The van der Waals surface area contributed by atoms with Crippen molar-refractivity contribution in [3.05, 3.63) is 66.3 Å². The summed E-state index contributed by atoms with van der Waals surface area (Å²) >= 11 is 0. The smallest absolute Gasteiger partial charge is 0.273 e. The van der Waals surface area contributed by atoms with Crippen molar-refractivity contribution in [2.75, 3.05) is 5.32 Å². The topological polar surface area (TPSA) is 59.8 Å². The molecule has 2 heterocycles. The molecule has 3 aromatic rings. The summed E-state index contributed by atoms with van der Waals surface area (Å²) < 4.78 is 15.0. The molecule has 3 rings (SSSR count). The van der Waals surface area contributed by atoms with Crippen LogP contribution in [0.1, 0.15) is 16.1 Å². The van der Waals surface area contributed by atoms with Gasteiger partial charge in [-0.15, -0.1) is 0 Å². The molecule has 0 atom stereocenters. The first-order chi connectivity index (χ1) is 11.0. The van der Waals surface area contributed by atoms with Crippen molar-refractivity contribution in [1.82, 2.24) is 14.5 Å². The minimum Gasteiger partial charge on any atom is -0.330 e. The number of carbonyl (C=O) groups is 1. The van der Waals surface area contributed by atoms with Gasteiger partial charge in [0.2, 0.25) is 0 Å². The fourth-order valence-corrected chi connectivity index (χ4v) is 2.27. The lowest BCUT2D eigenvalue weighted by Gasteiger charge is -2.11. The number of rotatable bonds is 3. The Bertz CT molecular complexity index is 873. The summed E-state index contributed by atoms with van der Waals surface area (Å²) in [6.07, 6.45) is 5.81. The third kappa shape index (κ3) is 3.11. The first-order valence-corrected chi connectivity index (χ1v) is 7.04. The van der Waals surface area contributed by atoms with E-state index in [2.05, 4.69) is 15.3 Å². The van der Waals surface area contributed by atoms with Crippen LogP contribution in [0.5, 0.6) is 0 Å². The van der Waals surface area contributed by atoms with Crippen LogP contribution in [0, 0.1) is 12.7 Å². The van der Waals surface area contributed by atoms with Crippen LogP contribution in [0.25, 0.3) is 11.1 Å². The molecule has 1 aromatic carbocycles. The van der Waals surface area contributed by atoms with E-state index in [0.717, 1.165) is 17.3 Å².